The molecule has 140 valence electrons. The lowest BCUT2D eigenvalue weighted by Gasteiger charge is -2.45. The molecule has 0 bridgehead atoms. The number of nitrogens with zero attached hydrogens (tertiary/aromatic N) is 2. The highest BCUT2D eigenvalue weighted by atomic mass is 16.7. The van der Waals surface area contributed by atoms with E-state index in [4.69, 9.17) is 14.2 Å². The number of allylic oxidation sites excluding steroid dienone is 1. The molecule has 0 aliphatic carbocycles. The first-order chi connectivity index (χ1) is 11.4. The lowest BCUT2D eigenvalue weighted by Crippen LogP contribution is -2.52. The number of rotatable bonds is 10. The molecule has 0 aromatic carbocycles. The Bertz CT molecular complexity index is 419. The summed E-state index contributed by atoms with van der Waals surface area (Å²) >= 11 is 0. The lowest BCUT2D eigenvalue weighted by molar-refractivity contribution is -0.276. The highest BCUT2D eigenvalue weighted by Crippen LogP contribution is 2.30. The summed E-state index contributed by atoms with van der Waals surface area (Å²) < 4.78 is 17.3. The van der Waals surface area contributed by atoms with Gasteiger partial charge in [0.2, 0.25) is 0 Å². The molecule has 1 aliphatic heterocycles. The Morgan fingerprint density at radius 3 is 2.46 bits per heavy atom. The van der Waals surface area contributed by atoms with Crippen LogP contribution in [0.4, 0.5) is 0 Å². The minimum atomic E-state index is -0.857. The van der Waals surface area contributed by atoms with Crippen LogP contribution in [-0.2, 0) is 14.2 Å². The van der Waals surface area contributed by atoms with E-state index in [1.54, 1.807) is 7.11 Å². The van der Waals surface area contributed by atoms with Crippen LogP contribution in [0.3, 0.4) is 0 Å². The number of hydrogen-bond acceptors (Lipinski definition) is 5. The van der Waals surface area contributed by atoms with Crippen LogP contribution in [-0.4, -0.2) is 61.8 Å². The number of hydrogen-bond donors (Lipinski definition) is 0. The molecule has 0 saturated carbocycles. The molecule has 1 saturated heterocycles. The Morgan fingerprint density at radius 1 is 1.38 bits per heavy atom. The highest BCUT2D eigenvalue weighted by molar-refractivity contribution is 5.20. The van der Waals surface area contributed by atoms with Gasteiger partial charge in [-0.15, -0.1) is 0 Å². The van der Waals surface area contributed by atoms with E-state index < -0.39 is 5.91 Å². The first-order valence-corrected chi connectivity index (χ1v) is 9.07. The largest absolute Gasteiger partial charge is 0.379 e. The molecular formula is C19H36N2O3. The molecule has 1 aliphatic rings. The van der Waals surface area contributed by atoms with Crippen LogP contribution >= 0.6 is 0 Å². The SMILES string of the molecule is C=CN(/C(=C(/C)CC)C(C)N1CCOCC1)C(C)(OC)OCCC. The Kier molecular flexibility index (Phi) is 8.98. The standard InChI is InChI=1S/C19H36N2O3/c1-8-13-24-19(6,22-7)21(10-3)18(16(4)9-2)17(5)20-11-14-23-15-12-20/h10,17H,3,8-9,11-15H2,1-2,4-7H3/b18-16-. The van der Waals surface area contributed by atoms with Gasteiger partial charge in [-0.3, -0.25) is 9.80 Å². The summed E-state index contributed by atoms with van der Waals surface area (Å²) in [6, 6.07) is 0.242. The fraction of sp³-hybridized carbons (Fsp3) is 0.789. The third-order valence-corrected chi connectivity index (χ3v) is 4.79. The molecule has 1 heterocycles. The summed E-state index contributed by atoms with van der Waals surface area (Å²) in [5, 5.41) is 0. The molecule has 2 atom stereocenters. The Hall–Kier alpha value is -0.880. The molecule has 5 heteroatoms. The van der Waals surface area contributed by atoms with E-state index in [1.165, 1.54) is 11.3 Å². The molecule has 24 heavy (non-hydrogen) atoms. The predicted octanol–water partition coefficient (Wildman–Crippen LogP) is 3.58. The molecule has 0 amide bonds. The van der Waals surface area contributed by atoms with Gasteiger partial charge in [0.1, 0.15) is 0 Å². The monoisotopic (exact) mass is 340 g/mol. The second-order valence-corrected chi connectivity index (χ2v) is 6.35. The lowest BCUT2D eigenvalue weighted by atomic mass is 10.0. The minimum Gasteiger partial charge on any atom is -0.379 e. The van der Waals surface area contributed by atoms with Crippen LogP contribution in [0.25, 0.3) is 0 Å². The third-order valence-electron chi connectivity index (χ3n) is 4.79. The van der Waals surface area contributed by atoms with Crippen molar-refractivity contribution in [2.24, 2.45) is 0 Å². The van der Waals surface area contributed by atoms with Gasteiger partial charge >= 0.3 is 0 Å². The number of ether oxygens (including phenoxy) is 3. The number of methoxy groups -OCH3 is 1. The first-order valence-electron chi connectivity index (χ1n) is 9.07. The van der Waals surface area contributed by atoms with E-state index in [9.17, 15) is 0 Å². The smallest absolute Gasteiger partial charge is 0.252 e. The van der Waals surface area contributed by atoms with Crippen molar-refractivity contribution in [1.29, 1.82) is 0 Å². The zero-order valence-electron chi connectivity index (χ0n) is 16.4. The van der Waals surface area contributed by atoms with Crippen LogP contribution in [0.2, 0.25) is 0 Å². The summed E-state index contributed by atoms with van der Waals surface area (Å²) in [5.74, 6) is -0.857. The van der Waals surface area contributed by atoms with E-state index in [2.05, 4.69) is 44.1 Å². The summed E-state index contributed by atoms with van der Waals surface area (Å²) in [4.78, 5) is 4.51. The first kappa shape index (κ1) is 21.2. The Morgan fingerprint density at radius 2 is 2.00 bits per heavy atom. The minimum absolute atomic E-state index is 0.242. The average Bonchev–Trinajstić information content (AvgIpc) is 2.63. The zero-order chi connectivity index (χ0) is 18.2. The molecule has 5 nitrogen and oxygen atoms in total. The van der Waals surface area contributed by atoms with E-state index >= 15 is 0 Å². The topological polar surface area (TPSA) is 34.2 Å². The van der Waals surface area contributed by atoms with E-state index in [-0.39, 0.29) is 6.04 Å². The molecule has 0 spiro atoms. The van der Waals surface area contributed by atoms with Crippen LogP contribution < -0.4 is 0 Å². The fourth-order valence-electron chi connectivity index (χ4n) is 3.08. The average molecular weight is 341 g/mol. The van der Waals surface area contributed by atoms with E-state index in [0.717, 1.165) is 39.1 Å². The molecule has 0 N–H and O–H groups in total. The number of morpholine rings is 1. The molecule has 2 unspecified atom stereocenters. The summed E-state index contributed by atoms with van der Waals surface area (Å²) in [7, 11) is 1.68. The van der Waals surface area contributed by atoms with Crippen LogP contribution in [0.5, 0.6) is 0 Å². The van der Waals surface area contributed by atoms with Gasteiger partial charge in [0.05, 0.1) is 19.8 Å². The van der Waals surface area contributed by atoms with Gasteiger partial charge in [0, 0.05) is 45.1 Å². The molecule has 0 aromatic rings. The molecule has 0 aromatic heterocycles. The van der Waals surface area contributed by atoms with Gasteiger partial charge in [-0.2, -0.15) is 0 Å². The van der Waals surface area contributed by atoms with Crippen molar-refractivity contribution < 1.29 is 14.2 Å². The Balaban J connectivity index is 3.18. The van der Waals surface area contributed by atoms with Crippen molar-refractivity contribution in [2.45, 2.75) is 59.4 Å². The highest BCUT2D eigenvalue weighted by Gasteiger charge is 2.37. The maximum atomic E-state index is 6.05. The van der Waals surface area contributed by atoms with Gasteiger partial charge in [-0.25, -0.2) is 0 Å². The van der Waals surface area contributed by atoms with E-state index in [0.29, 0.717) is 6.61 Å². The fourth-order valence-corrected chi connectivity index (χ4v) is 3.08. The maximum Gasteiger partial charge on any atom is 0.252 e. The summed E-state index contributed by atoms with van der Waals surface area (Å²) in [5.41, 5.74) is 2.52. The summed E-state index contributed by atoms with van der Waals surface area (Å²) in [6.07, 6.45) is 3.74. The van der Waals surface area contributed by atoms with Crippen LogP contribution in [0.15, 0.2) is 24.0 Å². The van der Waals surface area contributed by atoms with Gasteiger partial charge in [0.15, 0.2) is 0 Å². The van der Waals surface area contributed by atoms with Gasteiger partial charge in [-0.05, 0) is 26.7 Å². The molecule has 1 fully saturated rings. The van der Waals surface area contributed by atoms with Crippen molar-refractivity contribution in [3.63, 3.8) is 0 Å². The quantitative estimate of drug-likeness (QED) is 0.568. The second kappa shape index (κ2) is 10.2. The maximum absolute atomic E-state index is 6.05. The normalized spacial score (nSPS) is 20.9. The molecule has 0 radical (unpaired) electrons. The van der Waals surface area contributed by atoms with Crippen molar-refractivity contribution in [2.75, 3.05) is 40.0 Å². The van der Waals surface area contributed by atoms with Gasteiger partial charge in [-0.1, -0.05) is 26.0 Å². The third kappa shape index (κ3) is 5.06. The van der Waals surface area contributed by atoms with E-state index in [1.807, 2.05) is 13.1 Å². The van der Waals surface area contributed by atoms with Crippen molar-refractivity contribution in [3.8, 4) is 0 Å². The molecule has 1 rings (SSSR count). The van der Waals surface area contributed by atoms with Crippen molar-refractivity contribution in [3.05, 3.63) is 24.0 Å². The van der Waals surface area contributed by atoms with Gasteiger partial charge in [0.25, 0.3) is 5.91 Å². The van der Waals surface area contributed by atoms with Crippen molar-refractivity contribution in [1.82, 2.24) is 9.80 Å². The Labute approximate surface area is 148 Å². The van der Waals surface area contributed by atoms with Crippen molar-refractivity contribution >= 4 is 0 Å². The van der Waals surface area contributed by atoms with Crippen LogP contribution in [0.1, 0.15) is 47.5 Å². The van der Waals surface area contributed by atoms with Gasteiger partial charge < -0.3 is 14.2 Å². The summed E-state index contributed by atoms with van der Waals surface area (Å²) in [6.45, 7) is 18.8. The van der Waals surface area contributed by atoms with Crippen LogP contribution in [0, 0.1) is 0 Å². The second-order valence-electron chi connectivity index (χ2n) is 6.35. The molecular weight excluding hydrogens is 304 g/mol. The zero-order valence-corrected chi connectivity index (χ0v) is 16.4. The predicted molar refractivity (Wildman–Crippen MR) is 98.5 cm³/mol.